The topological polar surface area (TPSA) is 84.5 Å². The van der Waals surface area contributed by atoms with Gasteiger partial charge in [-0.25, -0.2) is 8.42 Å². The van der Waals surface area contributed by atoms with Crippen molar-refractivity contribution in [3.05, 3.63) is 60.7 Å². The number of benzene rings is 2. The van der Waals surface area contributed by atoms with E-state index in [1.165, 1.54) is 19.2 Å². The third-order valence-corrected chi connectivity index (χ3v) is 5.70. The lowest BCUT2D eigenvalue weighted by atomic mass is 10.1. The average Bonchev–Trinajstić information content (AvgIpc) is 3.15. The first kappa shape index (κ1) is 19.0. The molecule has 7 heteroatoms. The maximum absolute atomic E-state index is 12.7. The molecule has 1 unspecified atom stereocenters. The highest BCUT2D eigenvalue weighted by molar-refractivity contribution is 7.92. The molecule has 0 heterocycles. The van der Waals surface area contributed by atoms with E-state index in [0.717, 1.165) is 12.8 Å². The predicted molar refractivity (Wildman–Crippen MR) is 105 cm³/mol. The van der Waals surface area contributed by atoms with E-state index >= 15 is 0 Å². The van der Waals surface area contributed by atoms with E-state index in [1.807, 2.05) is 0 Å². The number of carbonyl (C=O) groups is 1. The molecule has 1 aliphatic carbocycles. The molecular formula is C20H22N2O4S. The van der Waals surface area contributed by atoms with Crippen molar-refractivity contribution >= 4 is 27.3 Å². The van der Waals surface area contributed by atoms with Crippen LogP contribution in [0.4, 0.5) is 11.4 Å². The zero-order chi connectivity index (χ0) is 19.3. The number of nitrogens with one attached hydrogen (secondary N) is 2. The first-order chi connectivity index (χ1) is 13.0. The second kappa shape index (κ2) is 8.26. The molecule has 0 bridgehead atoms. The Morgan fingerprint density at radius 2 is 2.00 bits per heavy atom. The molecule has 3 rings (SSSR count). The summed E-state index contributed by atoms with van der Waals surface area (Å²) in [6.45, 7) is 0. The van der Waals surface area contributed by atoms with Crippen molar-refractivity contribution in [2.45, 2.75) is 24.2 Å². The lowest BCUT2D eigenvalue weighted by molar-refractivity contribution is -0.116. The molecule has 0 aliphatic heterocycles. The van der Waals surface area contributed by atoms with E-state index in [2.05, 4.69) is 22.2 Å². The van der Waals surface area contributed by atoms with Gasteiger partial charge in [0, 0.05) is 12.1 Å². The Kier molecular flexibility index (Phi) is 5.81. The normalized spacial score (nSPS) is 16.1. The molecule has 0 radical (unpaired) electrons. The van der Waals surface area contributed by atoms with Gasteiger partial charge in [0.1, 0.15) is 5.75 Å². The molecule has 1 amide bonds. The van der Waals surface area contributed by atoms with Crippen LogP contribution >= 0.6 is 0 Å². The van der Waals surface area contributed by atoms with Crippen molar-refractivity contribution in [2.24, 2.45) is 5.92 Å². The van der Waals surface area contributed by atoms with Gasteiger partial charge in [0.2, 0.25) is 5.91 Å². The number of carbonyl (C=O) groups excluding carboxylic acids is 1. The summed E-state index contributed by atoms with van der Waals surface area (Å²) in [5.74, 6) is 0.554. The van der Waals surface area contributed by atoms with Gasteiger partial charge in [-0.2, -0.15) is 0 Å². The number of anilines is 2. The number of para-hydroxylation sites is 2. The monoisotopic (exact) mass is 386 g/mol. The molecule has 142 valence electrons. The van der Waals surface area contributed by atoms with Gasteiger partial charge in [-0.1, -0.05) is 30.4 Å². The maximum atomic E-state index is 12.7. The highest BCUT2D eigenvalue weighted by Gasteiger charge is 2.18. The largest absolute Gasteiger partial charge is 0.495 e. The van der Waals surface area contributed by atoms with E-state index < -0.39 is 10.0 Å². The van der Waals surface area contributed by atoms with Crippen LogP contribution in [0.3, 0.4) is 0 Å². The summed E-state index contributed by atoms with van der Waals surface area (Å²) in [6, 6.07) is 13.0. The zero-order valence-electron chi connectivity index (χ0n) is 15.0. The van der Waals surface area contributed by atoms with E-state index in [1.54, 1.807) is 36.4 Å². The molecule has 0 fully saturated rings. The highest BCUT2D eigenvalue weighted by atomic mass is 32.2. The summed E-state index contributed by atoms with van der Waals surface area (Å²) in [4.78, 5) is 12.2. The second-order valence-electron chi connectivity index (χ2n) is 6.35. The Labute approximate surface area is 159 Å². The summed E-state index contributed by atoms with van der Waals surface area (Å²) in [5, 5.41) is 2.78. The van der Waals surface area contributed by atoms with Crippen LogP contribution < -0.4 is 14.8 Å². The molecule has 6 nitrogen and oxygen atoms in total. The van der Waals surface area contributed by atoms with Crippen molar-refractivity contribution in [1.29, 1.82) is 0 Å². The van der Waals surface area contributed by atoms with Gasteiger partial charge >= 0.3 is 0 Å². The van der Waals surface area contributed by atoms with Crippen LogP contribution in [0.1, 0.15) is 19.3 Å². The summed E-state index contributed by atoms with van der Waals surface area (Å²) in [5.41, 5.74) is 0.798. The van der Waals surface area contributed by atoms with E-state index in [9.17, 15) is 13.2 Å². The second-order valence-corrected chi connectivity index (χ2v) is 8.03. The smallest absolute Gasteiger partial charge is 0.262 e. The van der Waals surface area contributed by atoms with Crippen molar-refractivity contribution in [3.63, 3.8) is 0 Å². The molecule has 0 saturated heterocycles. The first-order valence-electron chi connectivity index (χ1n) is 8.70. The Balaban J connectivity index is 1.73. The Hall–Kier alpha value is -2.80. The minimum absolute atomic E-state index is 0.0620. The summed E-state index contributed by atoms with van der Waals surface area (Å²) in [6.07, 6.45) is 6.50. The molecule has 1 atom stereocenters. The van der Waals surface area contributed by atoms with Crippen LogP contribution in [0.15, 0.2) is 65.6 Å². The number of ether oxygens (including phenoxy) is 1. The van der Waals surface area contributed by atoms with E-state index in [4.69, 9.17) is 4.74 Å². The van der Waals surface area contributed by atoms with Gasteiger partial charge in [0.05, 0.1) is 17.7 Å². The van der Waals surface area contributed by atoms with Crippen LogP contribution in [0.5, 0.6) is 5.75 Å². The number of rotatable bonds is 7. The summed E-state index contributed by atoms with van der Waals surface area (Å²) in [7, 11) is -2.34. The molecule has 2 aromatic rings. The zero-order valence-corrected chi connectivity index (χ0v) is 15.8. The first-order valence-corrected chi connectivity index (χ1v) is 10.2. The predicted octanol–water partition coefficient (Wildman–Crippen LogP) is 3.79. The van der Waals surface area contributed by atoms with Gasteiger partial charge in [0.15, 0.2) is 0 Å². The van der Waals surface area contributed by atoms with Crippen LogP contribution in [0, 0.1) is 5.92 Å². The Bertz CT molecular complexity index is 954. The number of hydrogen-bond donors (Lipinski definition) is 2. The van der Waals surface area contributed by atoms with Gasteiger partial charge in [-0.3, -0.25) is 9.52 Å². The lowest BCUT2D eigenvalue weighted by Crippen LogP contribution is -2.16. The number of amides is 1. The molecule has 0 spiro atoms. The number of sulfonamides is 1. The minimum atomic E-state index is -3.82. The third-order valence-electron chi connectivity index (χ3n) is 4.34. The van der Waals surface area contributed by atoms with Gasteiger partial charge in [0.25, 0.3) is 10.0 Å². The summed E-state index contributed by atoms with van der Waals surface area (Å²) >= 11 is 0. The molecule has 2 aromatic carbocycles. The number of hydrogen-bond acceptors (Lipinski definition) is 4. The average molecular weight is 386 g/mol. The van der Waals surface area contributed by atoms with E-state index in [-0.39, 0.29) is 16.7 Å². The van der Waals surface area contributed by atoms with Crippen LogP contribution in [0.2, 0.25) is 0 Å². The standard InChI is InChI=1S/C20H22N2O4S/c1-26-19-12-5-4-11-18(19)22-27(24,25)17-10-6-9-16(14-17)21-20(23)13-15-7-2-3-8-15/h2,4-7,9-12,14-15,22H,3,8,13H2,1H3,(H,21,23). The van der Waals surface area contributed by atoms with Crippen LogP contribution in [-0.2, 0) is 14.8 Å². The van der Waals surface area contributed by atoms with Gasteiger partial charge in [-0.05, 0) is 49.1 Å². The van der Waals surface area contributed by atoms with E-state index in [0.29, 0.717) is 23.5 Å². The van der Waals surface area contributed by atoms with Crippen molar-refractivity contribution < 1.29 is 17.9 Å². The fourth-order valence-corrected chi connectivity index (χ4v) is 4.10. The summed E-state index contributed by atoms with van der Waals surface area (Å²) < 4.78 is 33.1. The molecular weight excluding hydrogens is 364 g/mol. The van der Waals surface area contributed by atoms with Gasteiger partial charge in [-0.15, -0.1) is 0 Å². The fraction of sp³-hybridized carbons (Fsp3) is 0.250. The fourth-order valence-electron chi connectivity index (χ4n) is 2.99. The van der Waals surface area contributed by atoms with Crippen molar-refractivity contribution in [2.75, 3.05) is 17.1 Å². The quantitative estimate of drug-likeness (QED) is 0.709. The van der Waals surface area contributed by atoms with Gasteiger partial charge < -0.3 is 10.1 Å². The maximum Gasteiger partial charge on any atom is 0.262 e. The molecule has 0 saturated carbocycles. The lowest BCUT2D eigenvalue weighted by Gasteiger charge is -2.13. The third kappa shape index (κ3) is 4.89. The molecule has 2 N–H and O–H groups in total. The van der Waals surface area contributed by atoms with Crippen LogP contribution in [0.25, 0.3) is 0 Å². The Morgan fingerprint density at radius 3 is 2.74 bits per heavy atom. The highest BCUT2D eigenvalue weighted by Crippen LogP contribution is 2.27. The van der Waals surface area contributed by atoms with Crippen molar-refractivity contribution in [1.82, 2.24) is 0 Å². The Morgan fingerprint density at radius 1 is 1.19 bits per heavy atom. The molecule has 0 aromatic heterocycles. The van der Waals surface area contributed by atoms with Crippen LogP contribution in [-0.4, -0.2) is 21.4 Å². The minimum Gasteiger partial charge on any atom is -0.495 e. The molecule has 1 aliphatic rings. The SMILES string of the molecule is COc1ccccc1NS(=O)(=O)c1cccc(NC(=O)CC2C=CCC2)c1. The number of methoxy groups -OCH3 is 1. The molecule has 27 heavy (non-hydrogen) atoms. The number of allylic oxidation sites excluding steroid dienone is 2. The van der Waals surface area contributed by atoms with Crippen molar-refractivity contribution in [3.8, 4) is 5.75 Å².